The zero-order valence-corrected chi connectivity index (χ0v) is 28.8. The van der Waals surface area contributed by atoms with Crippen LogP contribution in [0.25, 0.3) is 55.3 Å². The van der Waals surface area contributed by atoms with Crippen LogP contribution < -0.4 is 4.90 Å². The van der Waals surface area contributed by atoms with Gasteiger partial charge in [-0.1, -0.05) is 131 Å². The maximum atomic E-state index is 6.78. The normalized spacial score (nSPS) is 14.7. The molecule has 8 aromatic rings. The number of para-hydroxylation sites is 1. The summed E-state index contributed by atoms with van der Waals surface area (Å²) in [4.78, 5) is 2.39. The minimum absolute atomic E-state index is 0.0932. The van der Waals surface area contributed by atoms with Crippen molar-refractivity contribution in [3.63, 3.8) is 0 Å². The van der Waals surface area contributed by atoms with Crippen LogP contribution in [0, 0.1) is 0 Å². The summed E-state index contributed by atoms with van der Waals surface area (Å²) in [5.41, 5.74) is 18.1. The number of hydrogen-bond acceptors (Lipinski definition) is 2. The molecule has 0 atom stereocenters. The second-order valence-corrected chi connectivity index (χ2v) is 14.9. The number of fused-ring (bicyclic) bond motifs is 9. The number of furan rings is 1. The van der Waals surface area contributed by atoms with Gasteiger partial charge in [0.25, 0.3) is 0 Å². The number of benzene rings is 7. The van der Waals surface area contributed by atoms with Gasteiger partial charge in [-0.15, -0.1) is 0 Å². The molecule has 10 rings (SSSR count). The Kier molecular flexibility index (Phi) is 6.01. The van der Waals surface area contributed by atoms with Crippen LogP contribution in [0.5, 0.6) is 0 Å². The van der Waals surface area contributed by atoms with Crippen molar-refractivity contribution in [2.45, 2.75) is 38.5 Å². The van der Waals surface area contributed by atoms with E-state index in [9.17, 15) is 0 Å². The van der Waals surface area contributed by atoms with E-state index in [1.807, 2.05) is 0 Å². The standard InChI is InChI=1S/C48H37NO/c1-47(2)38-21-13-11-19-34(38)35-25-23-33(28-40(35)47)49(31-17-9-6-10-18-31)32-24-26-42-37(27-32)46-43(50-42)29-41-45(44(46)30-15-7-5-8-16-30)36-20-12-14-22-39(36)48(41,3)4/h5-29H,1-4H3. The fraction of sp³-hybridized carbons (Fsp3) is 0.125. The Labute approximate surface area is 293 Å². The molecule has 0 radical (unpaired) electrons. The van der Waals surface area contributed by atoms with Crippen LogP contribution in [0.15, 0.2) is 156 Å². The van der Waals surface area contributed by atoms with Gasteiger partial charge in [0, 0.05) is 44.2 Å². The summed E-state index contributed by atoms with van der Waals surface area (Å²) in [5, 5.41) is 2.29. The van der Waals surface area contributed by atoms with E-state index in [0.29, 0.717) is 0 Å². The summed E-state index contributed by atoms with van der Waals surface area (Å²) in [5.74, 6) is 0. The lowest BCUT2D eigenvalue weighted by atomic mass is 9.81. The lowest BCUT2D eigenvalue weighted by Crippen LogP contribution is -2.16. The average Bonchev–Trinajstić information content (AvgIpc) is 3.71. The molecule has 0 unspecified atom stereocenters. The molecular weight excluding hydrogens is 607 g/mol. The van der Waals surface area contributed by atoms with Crippen molar-refractivity contribution < 1.29 is 4.42 Å². The first-order valence-corrected chi connectivity index (χ1v) is 17.6. The molecule has 2 nitrogen and oxygen atoms in total. The van der Waals surface area contributed by atoms with Crippen LogP contribution >= 0.6 is 0 Å². The lowest BCUT2D eigenvalue weighted by Gasteiger charge is -2.28. The average molecular weight is 644 g/mol. The molecule has 0 saturated heterocycles. The summed E-state index contributed by atoms with van der Waals surface area (Å²) in [7, 11) is 0. The van der Waals surface area contributed by atoms with Crippen LogP contribution in [0.1, 0.15) is 49.9 Å². The van der Waals surface area contributed by atoms with Crippen LogP contribution in [-0.2, 0) is 10.8 Å². The summed E-state index contributed by atoms with van der Waals surface area (Å²) in [6.45, 7) is 9.38. The van der Waals surface area contributed by atoms with Gasteiger partial charge in [0.15, 0.2) is 0 Å². The van der Waals surface area contributed by atoms with E-state index in [1.165, 1.54) is 55.6 Å². The van der Waals surface area contributed by atoms with Crippen molar-refractivity contribution in [2.75, 3.05) is 4.90 Å². The van der Waals surface area contributed by atoms with Gasteiger partial charge >= 0.3 is 0 Å². The molecule has 2 aliphatic rings. The number of anilines is 3. The maximum Gasteiger partial charge on any atom is 0.136 e. The van der Waals surface area contributed by atoms with Gasteiger partial charge in [-0.05, 0) is 98.6 Å². The molecule has 50 heavy (non-hydrogen) atoms. The first-order chi connectivity index (χ1) is 24.3. The quantitative estimate of drug-likeness (QED) is 0.190. The highest BCUT2D eigenvalue weighted by atomic mass is 16.3. The Morgan fingerprint density at radius 2 is 1.00 bits per heavy atom. The topological polar surface area (TPSA) is 16.4 Å². The SMILES string of the molecule is CC1(C)c2ccccc2-c2ccc(N(c3ccccc3)c3ccc4oc5cc6c(c(-c7ccccc7)c5c4c3)-c3ccccc3C6(C)C)cc21. The minimum Gasteiger partial charge on any atom is -0.456 e. The van der Waals surface area contributed by atoms with Crippen LogP contribution in [0.3, 0.4) is 0 Å². The first-order valence-electron chi connectivity index (χ1n) is 17.6. The Morgan fingerprint density at radius 1 is 0.420 bits per heavy atom. The molecule has 0 fully saturated rings. The molecule has 1 heterocycles. The fourth-order valence-corrected chi connectivity index (χ4v) is 8.98. The summed E-state index contributed by atoms with van der Waals surface area (Å²) in [6.07, 6.45) is 0. The van der Waals surface area contributed by atoms with E-state index in [1.54, 1.807) is 0 Å². The van der Waals surface area contributed by atoms with Gasteiger partial charge < -0.3 is 9.32 Å². The highest BCUT2D eigenvalue weighted by molar-refractivity contribution is 6.18. The van der Waals surface area contributed by atoms with Crippen molar-refractivity contribution in [1.29, 1.82) is 0 Å². The molecule has 0 N–H and O–H groups in total. The smallest absolute Gasteiger partial charge is 0.136 e. The van der Waals surface area contributed by atoms with Crippen molar-refractivity contribution in [2.24, 2.45) is 0 Å². The molecule has 0 spiro atoms. The third-order valence-corrected chi connectivity index (χ3v) is 11.4. The first kappa shape index (κ1) is 29.1. The number of nitrogens with zero attached hydrogens (tertiary/aromatic N) is 1. The largest absolute Gasteiger partial charge is 0.456 e. The minimum atomic E-state index is -0.140. The second kappa shape index (κ2) is 10.3. The van der Waals surface area contributed by atoms with E-state index in [0.717, 1.165) is 39.0 Å². The van der Waals surface area contributed by atoms with E-state index < -0.39 is 0 Å². The van der Waals surface area contributed by atoms with Crippen molar-refractivity contribution in [3.05, 3.63) is 174 Å². The fourth-order valence-electron chi connectivity index (χ4n) is 8.98. The Balaban J connectivity index is 1.24. The van der Waals surface area contributed by atoms with E-state index in [4.69, 9.17) is 4.42 Å². The Hall–Kier alpha value is -5.86. The zero-order valence-electron chi connectivity index (χ0n) is 28.8. The van der Waals surface area contributed by atoms with E-state index in [-0.39, 0.29) is 10.8 Å². The summed E-state index contributed by atoms with van der Waals surface area (Å²) < 4.78 is 6.78. The van der Waals surface area contributed by atoms with Gasteiger partial charge in [0.2, 0.25) is 0 Å². The third-order valence-electron chi connectivity index (χ3n) is 11.4. The molecule has 0 bridgehead atoms. The van der Waals surface area contributed by atoms with Gasteiger partial charge in [-0.3, -0.25) is 0 Å². The maximum absolute atomic E-state index is 6.78. The lowest BCUT2D eigenvalue weighted by molar-refractivity contribution is 0.647. The van der Waals surface area contributed by atoms with Crippen molar-refractivity contribution in [1.82, 2.24) is 0 Å². The Morgan fingerprint density at radius 3 is 1.76 bits per heavy atom. The highest BCUT2D eigenvalue weighted by Crippen LogP contribution is 2.56. The molecular formula is C48H37NO. The molecule has 1 aromatic heterocycles. The Bertz CT molecular complexity index is 2640. The molecule has 7 aromatic carbocycles. The van der Waals surface area contributed by atoms with Gasteiger partial charge in [-0.2, -0.15) is 0 Å². The summed E-state index contributed by atoms with van der Waals surface area (Å²) >= 11 is 0. The van der Waals surface area contributed by atoms with Gasteiger partial charge in [0.05, 0.1) is 0 Å². The van der Waals surface area contributed by atoms with Gasteiger partial charge in [-0.25, -0.2) is 0 Å². The molecule has 0 amide bonds. The van der Waals surface area contributed by atoms with Gasteiger partial charge in [0.1, 0.15) is 11.2 Å². The number of rotatable bonds is 4. The molecule has 0 aliphatic heterocycles. The predicted molar refractivity (Wildman–Crippen MR) is 209 cm³/mol. The van der Waals surface area contributed by atoms with Crippen molar-refractivity contribution in [3.8, 4) is 33.4 Å². The molecule has 0 saturated carbocycles. The monoisotopic (exact) mass is 643 g/mol. The second-order valence-electron chi connectivity index (χ2n) is 14.9. The third kappa shape index (κ3) is 3.96. The molecule has 240 valence electrons. The van der Waals surface area contributed by atoms with Crippen LogP contribution in [0.4, 0.5) is 17.1 Å². The highest BCUT2D eigenvalue weighted by Gasteiger charge is 2.39. The number of hydrogen-bond donors (Lipinski definition) is 0. The van der Waals surface area contributed by atoms with Crippen molar-refractivity contribution >= 4 is 39.0 Å². The summed E-state index contributed by atoms with van der Waals surface area (Å²) in [6, 6.07) is 55.4. The van der Waals surface area contributed by atoms with Crippen LogP contribution in [-0.4, -0.2) is 0 Å². The molecule has 2 heteroatoms. The zero-order chi connectivity index (χ0) is 33.8. The molecule has 2 aliphatic carbocycles. The predicted octanol–water partition coefficient (Wildman–Crippen LogP) is 13.3. The van der Waals surface area contributed by atoms with Crippen LogP contribution in [0.2, 0.25) is 0 Å². The van der Waals surface area contributed by atoms with E-state index in [2.05, 4.69) is 184 Å². The van der Waals surface area contributed by atoms with E-state index >= 15 is 0 Å².